The van der Waals surface area contributed by atoms with E-state index in [1.165, 1.54) is 5.56 Å². The fourth-order valence-corrected chi connectivity index (χ4v) is 3.27. The SMILES string of the molecule is C[C@H](Cc1ccc(Br)cc1)NC(=O)CCNC(=O)C1CCCC1. The number of hydrogen-bond donors (Lipinski definition) is 2. The molecule has 1 aliphatic carbocycles. The van der Waals surface area contributed by atoms with Gasteiger partial charge >= 0.3 is 0 Å². The van der Waals surface area contributed by atoms with Gasteiger partial charge in [0.25, 0.3) is 0 Å². The summed E-state index contributed by atoms with van der Waals surface area (Å²) in [5, 5.41) is 5.86. The van der Waals surface area contributed by atoms with Crippen molar-refractivity contribution in [1.29, 1.82) is 0 Å². The van der Waals surface area contributed by atoms with Crippen LogP contribution in [-0.4, -0.2) is 24.4 Å². The summed E-state index contributed by atoms with van der Waals surface area (Å²) in [5.74, 6) is 0.258. The first-order valence-electron chi connectivity index (χ1n) is 8.36. The number of amides is 2. The van der Waals surface area contributed by atoms with Crippen molar-refractivity contribution in [3.05, 3.63) is 34.3 Å². The molecule has 0 radical (unpaired) electrons. The summed E-state index contributed by atoms with van der Waals surface area (Å²) in [4.78, 5) is 23.8. The summed E-state index contributed by atoms with van der Waals surface area (Å²) in [6.45, 7) is 2.42. The van der Waals surface area contributed by atoms with Gasteiger partial charge in [0.05, 0.1) is 0 Å². The second-order valence-electron chi connectivity index (χ2n) is 6.32. The Hall–Kier alpha value is -1.36. The zero-order chi connectivity index (χ0) is 16.7. The van der Waals surface area contributed by atoms with Gasteiger partial charge in [-0.1, -0.05) is 40.9 Å². The maximum absolute atomic E-state index is 11.9. The molecule has 1 aromatic rings. The second-order valence-corrected chi connectivity index (χ2v) is 7.24. The van der Waals surface area contributed by atoms with Gasteiger partial charge in [-0.05, 0) is 43.9 Å². The van der Waals surface area contributed by atoms with Crippen LogP contribution in [0.2, 0.25) is 0 Å². The Morgan fingerprint density at radius 2 is 1.87 bits per heavy atom. The van der Waals surface area contributed by atoms with Gasteiger partial charge in [-0.15, -0.1) is 0 Å². The number of carbonyl (C=O) groups is 2. The Balaban J connectivity index is 1.63. The van der Waals surface area contributed by atoms with Gasteiger partial charge in [-0.25, -0.2) is 0 Å². The van der Waals surface area contributed by atoms with Gasteiger partial charge in [0.2, 0.25) is 11.8 Å². The number of carbonyl (C=O) groups excluding carboxylic acids is 2. The molecule has 5 heteroatoms. The largest absolute Gasteiger partial charge is 0.355 e. The minimum Gasteiger partial charge on any atom is -0.355 e. The van der Waals surface area contributed by atoms with Crippen LogP contribution < -0.4 is 10.6 Å². The van der Waals surface area contributed by atoms with Crippen LogP contribution in [0, 0.1) is 5.92 Å². The van der Waals surface area contributed by atoms with Crippen LogP contribution in [0.4, 0.5) is 0 Å². The summed E-state index contributed by atoms with van der Waals surface area (Å²) in [5.41, 5.74) is 1.19. The van der Waals surface area contributed by atoms with Gasteiger partial charge in [0.15, 0.2) is 0 Å². The van der Waals surface area contributed by atoms with Crippen molar-refractivity contribution in [2.75, 3.05) is 6.54 Å². The van der Waals surface area contributed by atoms with Gasteiger partial charge in [-0.2, -0.15) is 0 Å². The highest BCUT2D eigenvalue weighted by atomic mass is 79.9. The van der Waals surface area contributed by atoms with Crippen molar-refractivity contribution in [2.24, 2.45) is 5.92 Å². The third-order valence-corrected chi connectivity index (χ3v) is 4.77. The Kier molecular flexibility index (Phi) is 7.09. The van der Waals surface area contributed by atoms with Crippen molar-refractivity contribution in [3.8, 4) is 0 Å². The average molecular weight is 381 g/mol. The van der Waals surface area contributed by atoms with Crippen LogP contribution in [-0.2, 0) is 16.0 Å². The van der Waals surface area contributed by atoms with Gasteiger partial charge in [0.1, 0.15) is 0 Å². The predicted molar refractivity (Wildman–Crippen MR) is 95.0 cm³/mol. The van der Waals surface area contributed by atoms with E-state index >= 15 is 0 Å². The third-order valence-electron chi connectivity index (χ3n) is 4.24. The molecule has 0 spiro atoms. The van der Waals surface area contributed by atoms with E-state index in [0.29, 0.717) is 13.0 Å². The van der Waals surface area contributed by atoms with Crippen molar-refractivity contribution >= 4 is 27.7 Å². The summed E-state index contributed by atoms with van der Waals surface area (Å²) >= 11 is 3.41. The smallest absolute Gasteiger partial charge is 0.223 e. The first-order valence-corrected chi connectivity index (χ1v) is 9.15. The molecule has 23 heavy (non-hydrogen) atoms. The van der Waals surface area contributed by atoms with E-state index in [-0.39, 0.29) is 23.8 Å². The van der Waals surface area contributed by atoms with Crippen LogP contribution in [0.1, 0.15) is 44.6 Å². The second kappa shape index (κ2) is 9.06. The average Bonchev–Trinajstić information content (AvgIpc) is 3.03. The maximum Gasteiger partial charge on any atom is 0.223 e. The lowest BCUT2D eigenvalue weighted by molar-refractivity contribution is -0.125. The van der Waals surface area contributed by atoms with E-state index in [4.69, 9.17) is 0 Å². The Bertz CT molecular complexity index is 524. The number of hydrogen-bond acceptors (Lipinski definition) is 2. The molecule has 1 fully saturated rings. The summed E-state index contributed by atoms with van der Waals surface area (Å²) in [7, 11) is 0. The molecule has 1 atom stereocenters. The van der Waals surface area contributed by atoms with E-state index < -0.39 is 0 Å². The summed E-state index contributed by atoms with van der Waals surface area (Å²) < 4.78 is 1.05. The Morgan fingerprint density at radius 3 is 2.52 bits per heavy atom. The van der Waals surface area contributed by atoms with Gasteiger partial charge < -0.3 is 10.6 Å². The molecule has 0 bridgehead atoms. The lowest BCUT2D eigenvalue weighted by Crippen LogP contribution is -2.37. The first-order chi connectivity index (χ1) is 11.0. The molecule has 126 valence electrons. The molecular weight excluding hydrogens is 356 g/mol. The van der Waals surface area contributed by atoms with E-state index in [2.05, 4.69) is 38.7 Å². The molecule has 1 aromatic carbocycles. The van der Waals surface area contributed by atoms with Crippen molar-refractivity contribution in [2.45, 2.75) is 51.5 Å². The first kappa shape index (κ1) is 18.0. The lowest BCUT2D eigenvalue weighted by atomic mass is 10.1. The highest BCUT2D eigenvalue weighted by molar-refractivity contribution is 9.10. The maximum atomic E-state index is 11.9. The number of halogens is 1. The van der Waals surface area contributed by atoms with Crippen molar-refractivity contribution in [1.82, 2.24) is 10.6 Å². The Morgan fingerprint density at radius 1 is 1.22 bits per heavy atom. The zero-order valence-electron chi connectivity index (χ0n) is 13.6. The van der Waals surface area contributed by atoms with Crippen LogP contribution in [0.25, 0.3) is 0 Å². The fraction of sp³-hybridized carbons (Fsp3) is 0.556. The molecule has 0 unspecified atom stereocenters. The molecule has 2 rings (SSSR count). The molecule has 1 saturated carbocycles. The third kappa shape index (κ3) is 6.34. The molecule has 4 nitrogen and oxygen atoms in total. The van der Waals surface area contributed by atoms with Gasteiger partial charge in [0, 0.05) is 29.4 Å². The van der Waals surface area contributed by atoms with Crippen LogP contribution >= 0.6 is 15.9 Å². The molecule has 0 heterocycles. The normalized spacial score (nSPS) is 16.1. The van der Waals surface area contributed by atoms with Crippen LogP contribution in [0.15, 0.2) is 28.7 Å². The molecule has 0 aromatic heterocycles. The quantitative estimate of drug-likeness (QED) is 0.762. The highest BCUT2D eigenvalue weighted by Gasteiger charge is 2.22. The van der Waals surface area contributed by atoms with E-state index in [0.717, 1.165) is 36.6 Å². The minimum atomic E-state index is -0.0127. The number of rotatable bonds is 7. The van der Waals surface area contributed by atoms with Crippen LogP contribution in [0.5, 0.6) is 0 Å². The van der Waals surface area contributed by atoms with E-state index in [9.17, 15) is 9.59 Å². The minimum absolute atomic E-state index is 0.0127. The monoisotopic (exact) mass is 380 g/mol. The molecule has 2 amide bonds. The standard InChI is InChI=1S/C18H25BrN2O2/c1-13(12-14-6-8-16(19)9-7-14)21-17(22)10-11-20-18(23)15-4-2-3-5-15/h6-9,13,15H,2-5,10-12H2,1H3,(H,20,23)(H,21,22)/t13-/m1/s1. The summed E-state index contributed by atoms with van der Waals surface area (Å²) in [6.07, 6.45) is 5.40. The fourth-order valence-electron chi connectivity index (χ4n) is 3.00. The van der Waals surface area contributed by atoms with Crippen molar-refractivity contribution in [3.63, 3.8) is 0 Å². The zero-order valence-corrected chi connectivity index (χ0v) is 15.2. The van der Waals surface area contributed by atoms with Crippen LogP contribution in [0.3, 0.4) is 0 Å². The molecular formula is C18H25BrN2O2. The van der Waals surface area contributed by atoms with Gasteiger partial charge in [-0.3, -0.25) is 9.59 Å². The molecule has 0 aliphatic heterocycles. The van der Waals surface area contributed by atoms with Crippen molar-refractivity contribution < 1.29 is 9.59 Å². The van der Waals surface area contributed by atoms with E-state index in [1.54, 1.807) is 0 Å². The lowest BCUT2D eigenvalue weighted by Gasteiger charge is -2.15. The van der Waals surface area contributed by atoms with E-state index in [1.807, 2.05) is 19.1 Å². The number of nitrogens with one attached hydrogen (secondary N) is 2. The summed E-state index contributed by atoms with van der Waals surface area (Å²) in [6, 6.07) is 8.18. The highest BCUT2D eigenvalue weighted by Crippen LogP contribution is 2.24. The topological polar surface area (TPSA) is 58.2 Å². The number of benzene rings is 1. The Labute approximate surface area is 146 Å². The predicted octanol–water partition coefficient (Wildman–Crippen LogP) is 3.19. The molecule has 0 saturated heterocycles. The molecule has 1 aliphatic rings. The molecule has 2 N–H and O–H groups in total.